The number of rotatable bonds is 4. The van der Waals surface area contributed by atoms with Gasteiger partial charge in [-0.05, 0) is 34.6 Å². The molecule has 17 heavy (non-hydrogen) atoms. The molecule has 0 bridgehead atoms. The van der Waals surface area contributed by atoms with Gasteiger partial charge in [0.1, 0.15) is 11.6 Å². The van der Waals surface area contributed by atoms with E-state index in [2.05, 4.69) is 35.5 Å². The van der Waals surface area contributed by atoms with Gasteiger partial charge in [-0.25, -0.2) is 0 Å². The Bertz CT molecular complexity index is 380. The van der Waals surface area contributed by atoms with Gasteiger partial charge in [-0.2, -0.15) is 0 Å². The molecule has 0 spiro atoms. The van der Waals surface area contributed by atoms with Gasteiger partial charge < -0.3 is 9.30 Å². The van der Waals surface area contributed by atoms with Crippen LogP contribution in [-0.4, -0.2) is 27.5 Å². The summed E-state index contributed by atoms with van der Waals surface area (Å²) in [7, 11) is 1.71. The second kappa shape index (κ2) is 4.94. The molecular weight excluding hydrogens is 238 g/mol. The van der Waals surface area contributed by atoms with Crippen LogP contribution in [0, 0.1) is 0 Å². The quantitative estimate of drug-likeness (QED) is 0.781. The van der Waals surface area contributed by atoms with Crippen molar-refractivity contribution in [2.24, 2.45) is 0 Å². The Kier molecular flexibility index (Phi) is 4.20. The SMILES string of the molecule is COC(C)(C)Cc1nnc(CCl)n1C(C)(C)C. The lowest BCUT2D eigenvalue weighted by Gasteiger charge is -2.28. The van der Waals surface area contributed by atoms with Crippen LogP contribution in [0.1, 0.15) is 46.3 Å². The van der Waals surface area contributed by atoms with Gasteiger partial charge in [0, 0.05) is 19.1 Å². The van der Waals surface area contributed by atoms with E-state index in [0.29, 0.717) is 12.3 Å². The Morgan fingerprint density at radius 3 is 2.06 bits per heavy atom. The highest BCUT2D eigenvalue weighted by Gasteiger charge is 2.27. The van der Waals surface area contributed by atoms with Crippen molar-refractivity contribution in [3.8, 4) is 0 Å². The number of halogens is 1. The largest absolute Gasteiger partial charge is 0.378 e. The summed E-state index contributed by atoms with van der Waals surface area (Å²) < 4.78 is 7.54. The van der Waals surface area contributed by atoms with Crippen LogP contribution in [0.5, 0.6) is 0 Å². The van der Waals surface area contributed by atoms with Crippen LogP contribution in [0.4, 0.5) is 0 Å². The lowest BCUT2D eigenvalue weighted by molar-refractivity contribution is 0.0201. The molecule has 5 heteroatoms. The summed E-state index contributed by atoms with van der Waals surface area (Å²) in [5.41, 5.74) is -0.327. The molecule has 1 heterocycles. The van der Waals surface area contributed by atoms with E-state index in [-0.39, 0.29) is 11.1 Å². The average molecular weight is 260 g/mol. The van der Waals surface area contributed by atoms with Crippen LogP contribution >= 0.6 is 11.6 Å². The number of nitrogens with zero attached hydrogens (tertiary/aromatic N) is 3. The molecule has 0 aliphatic carbocycles. The minimum atomic E-state index is -0.250. The summed E-state index contributed by atoms with van der Waals surface area (Å²) in [5.74, 6) is 2.10. The topological polar surface area (TPSA) is 39.9 Å². The first-order valence-electron chi connectivity index (χ1n) is 5.76. The van der Waals surface area contributed by atoms with Crippen LogP contribution in [0.15, 0.2) is 0 Å². The Morgan fingerprint density at radius 2 is 1.65 bits per heavy atom. The van der Waals surface area contributed by atoms with Gasteiger partial charge in [0.2, 0.25) is 0 Å². The highest BCUT2D eigenvalue weighted by atomic mass is 35.5. The van der Waals surface area contributed by atoms with Gasteiger partial charge in [0.05, 0.1) is 11.5 Å². The molecule has 1 aromatic heterocycles. The molecule has 0 radical (unpaired) electrons. The van der Waals surface area contributed by atoms with Gasteiger partial charge in [-0.1, -0.05) is 0 Å². The third-order valence-electron chi connectivity index (χ3n) is 2.72. The van der Waals surface area contributed by atoms with Crippen molar-refractivity contribution in [2.45, 2.75) is 58.1 Å². The molecule has 0 amide bonds. The molecule has 0 aromatic carbocycles. The highest BCUT2D eigenvalue weighted by molar-refractivity contribution is 6.16. The maximum atomic E-state index is 5.90. The van der Waals surface area contributed by atoms with E-state index in [4.69, 9.17) is 16.3 Å². The van der Waals surface area contributed by atoms with Crippen LogP contribution in [-0.2, 0) is 22.6 Å². The van der Waals surface area contributed by atoms with Crippen LogP contribution in [0.3, 0.4) is 0 Å². The average Bonchev–Trinajstić information content (AvgIpc) is 2.59. The maximum Gasteiger partial charge on any atom is 0.148 e. The molecule has 4 nitrogen and oxygen atoms in total. The fourth-order valence-corrected chi connectivity index (χ4v) is 1.96. The summed E-state index contributed by atoms with van der Waals surface area (Å²) in [6.07, 6.45) is 0.713. The molecule has 0 aliphatic rings. The maximum absolute atomic E-state index is 5.90. The Balaban J connectivity index is 3.13. The van der Waals surface area contributed by atoms with Crippen LogP contribution < -0.4 is 0 Å². The van der Waals surface area contributed by atoms with Crippen molar-refractivity contribution >= 4 is 11.6 Å². The lowest BCUT2D eigenvalue weighted by atomic mass is 10.0. The molecule has 0 unspecified atom stereocenters. The fraction of sp³-hybridized carbons (Fsp3) is 0.833. The van der Waals surface area contributed by atoms with Gasteiger partial charge in [-0.3, -0.25) is 0 Å². The van der Waals surface area contributed by atoms with E-state index >= 15 is 0 Å². The van der Waals surface area contributed by atoms with Crippen molar-refractivity contribution in [1.82, 2.24) is 14.8 Å². The van der Waals surface area contributed by atoms with Crippen molar-refractivity contribution in [1.29, 1.82) is 0 Å². The molecule has 0 atom stereocenters. The zero-order valence-electron chi connectivity index (χ0n) is 11.5. The standard InChI is InChI=1S/C12H22ClN3O/c1-11(2,3)16-9(7-12(4,5)17-6)14-15-10(16)8-13/h7-8H2,1-6H3. The molecule has 0 N–H and O–H groups in total. The number of hydrogen-bond donors (Lipinski definition) is 0. The third-order valence-corrected chi connectivity index (χ3v) is 2.96. The lowest BCUT2D eigenvalue weighted by Crippen LogP contribution is -2.32. The first kappa shape index (κ1) is 14.5. The van der Waals surface area contributed by atoms with E-state index in [1.165, 1.54) is 0 Å². The summed E-state index contributed by atoms with van der Waals surface area (Å²) in [5, 5.41) is 8.38. The van der Waals surface area contributed by atoms with Crippen molar-refractivity contribution in [3.05, 3.63) is 11.6 Å². The zero-order valence-corrected chi connectivity index (χ0v) is 12.3. The molecule has 0 fully saturated rings. The van der Waals surface area contributed by atoms with Crippen molar-refractivity contribution in [3.63, 3.8) is 0 Å². The molecule has 98 valence electrons. The predicted molar refractivity (Wildman–Crippen MR) is 69.4 cm³/mol. The van der Waals surface area contributed by atoms with Crippen molar-refractivity contribution in [2.75, 3.05) is 7.11 Å². The molecule has 1 rings (SSSR count). The summed E-state index contributed by atoms with van der Waals surface area (Å²) in [6, 6.07) is 0. The predicted octanol–water partition coefficient (Wildman–Crippen LogP) is 2.74. The number of ether oxygens (including phenoxy) is 1. The fourth-order valence-electron chi connectivity index (χ4n) is 1.78. The van der Waals surface area contributed by atoms with Crippen LogP contribution in [0.25, 0.3) is 0 Å². The van der Waals surface area contributed by atoms with E-state index < -0.39 is 0 Å². The zero-order chi connectivity index (χ0) is 13.3. The smallest absolute Gasteiger partial charge is 0.148 e. The minimum absolute atomic E-state index is 0.0765. The summed E-state index contributed by atoms with van der Waals surface area (Å²) in [4.78, 5) is 0. The van der Waals surface area contributed by atoms with E-state index in [1.807, 2.05) is 13.8 Å². The van der Waals surface area contributed by atoms with E-state index in [0.717, 1.165) is 11.6 Å². The second-order valence-corrected chi connectivity index (χ2v) is 6.08. The van der Waals surface area contributed by atoms with E-state index in [1.54, 1.807) is 7.11 Å². The summed E-state index contributed by atoms with van der Waals surface area (Å²) in [6.45, 7) is 10.4. The normalized spacial score (nSPS) is 13.1. The monoisotopic (exact) mass is 259 g/mol. The number of alkyl halides is 1. The Labute approximate surface area is 108 Å². The van der Waals surface area contributed by atoms with Gasteiger partial charge in [-0.15, -0.1) is 21.8 Å². The first-order chi connectivity index (χ1) is 7.71. The van der Waals surface area contributed by atoms with E-state index in [9.17, 15) is 0 Å². The molecule has 0 saturated heterocycles. The van der Waals surface area contributed by atoms with Gasteiger partial charge >= 0.3 is 0 Å². The van der Waals surface area contributed by atoms with Crippen molar-refractivity contribution < 1.29 is 4.74 Å². The first-order valence-corrected chi connectivity index (χ1v) is 6.29. The second-order valence-electron chi connectivity index (χ2n) is 5.81. The molecule has 0 saturated carbocycles. The molecule has 0 aliphatic heterocycles. The Hall–Kier alpha value is -0.610. The van der Waals surface area contributed by atoms with Crippen LogP contribution in [0.2, 0.25) is 0 Å². The minimum Gasteiger partial charge on any atom is -0.378 e. The summed E-state index contributed by atoms with van der Waals surface area (Å²) >= 11 is 5.90. The number of hydrogen-bond acceptors (Lipinski definition) is 3. The van der Waals surface area contributed by atoms with Gasteiger partial charge in [0.25, 0.3) is 0 Å². The van der Waals surface area contributed by atoms with Gasteiger partial charge in [0.15, 0.2) is 0 Å². The number of aromatic nitrogens is 3. The molecule has 1 aromatic rings. The number of methoxy groups -OCH3 is 1. The highest BCUT2D eigenvalue weighted by Crippen LogP contribution is 2.23. The molecular formula is C12H22ClN3O. The third kappa shape index (κ3) is 3.42. The Morgan fingerprint density at radius 1 is 1.12 bits per heavy atom.